The number of halogens is 7. The zero-order chi connectivity index (χ0) is 44.9. The molecule has 342 valence electrons. The average molecular weight is 879 g/mol. The van der Waals surface area contributed by atoms with Crippen LogP contribution in [0.25, 0.3) is 0 Å². The molecule has 0 spiro atoms. The van der Waals surface area contributed by atoms with Crippen LogP contribution in [-0.4, -0.2) is 0 Å². The lowest BCUT2D eigenvalue weighted by atomic mass is 9.68. The standard InChI is InChI=1S/C27H32F4O.C27H33F3O/c1-17-3-7-19(8-4-17)20-9-11-21(12-10-20)22-15-24(28)26(25(29)16-22)27(30,31)32-23-13-5-18(2)6-14-23;1-18-3-7-20(8-4-18)21-9-11-22(12-10-21)23-13-16-25(26(28)17-23)27(29,30)31-24-14-5-19(2)6-15-24/h5-6,13-17,19-21H,3-4,7-12H2,1-2H3;5-6,13-18,20-22H,3-4,7-12H2,1-2H3. The van der Waals surface area contributed by atoms with Gasteiger partial charge in [-0.3, -0.25) is 0 Å². The molecule has 0 radical (unpaired) electrons. The van der Waals surface area contributed by atoms with Crippen molar-refractivity contribution >= 4 is 0 Å². The summed E-state index contributed by atoms with van der Waals surface area (Å²) in [7, 11) is 0. The predicted molar refractivity (Wildman–Crippen MR) is 236 cm³/mol. The highest BCUT2D eigenvalue weighted by atomic mass is 19.3. The maximum atomic E-state index is 14.7. The summed E-state index contributed by atoms with van der Waals surface area (Å²) < 4.78 is 112. The Labute approximate surface area is 370 Å². The molecule has 4 aromatic carbocycles. The molecule has 0 saturated heterocycles. The fraction of sp³-hybridized carbons (Fsp3) is 0.556. The van der Waals surface area contributed by atoms with Crippen molar-refractivity contribution in [1.82, 2.24) is 0 Å². The molecule has 4 fully saturated rings. The van der Waals surface area contributed by atoms with Gasteiger partial charge in [0, 0.05) is 0 Å². The normalized spacial score (nSPS) is 26.9. The van der Waals surface area contributed by atoms with Gasteiger partial charge < -0.3 is 9.47 Å². The van der Waals surface area contributed by atoms with E-state index in [9.17, 15) is 30.7 Å². The van der Waals surface area contributed by atoms with E-state index in [0.29, 0.717) is 11.5 Å². The zero-order valence-corrected chi connectivity index (χ0v) is 37.4. The number of ether oxygens (including phenoxy) is 2. The molecule has 0 N–H and O–H groups in total. The summed E-state index contributed by atoms with van der Waals surface area (Å²) >= 11 is 0. The Bertz CT molecular complexity index is 2050. The van der Waals surface area contributed by atoms with Crippen LogP contribution in [0.3, 0.4) is 0 Å². The van der Waals surface area contributed by atoms with Crippen LogP contribution < -0.4 is 9.47 Å². The minimum atomic E-state index is -4.10. The Balaban J connectivity index is 0.000000189. The van der Waals surface area contributed by atoms with Crippen molar-refractivity contribution in [2.45, 2.75) is 154 Å². The van der Waals surface area contributed by atoms with Crippen LogP contribution in [0.5, 0.6) is 11.5 Å². The first kappa shape index (κ1) is 47.0. The minimum Gasteiger partial charge on any atom is -0.429 e. The maximum Gasteiger partial charge on any atom is 0.432 e. The summed E-state index contributed by atoms with van der Waals surface area (Å²) in [6, 6.07) is 18.6. The summed E-state index contributed by atoms with van der Waals surface area (Å²) in [5.74, 6) is 1.51. The van der Waals surface area contributed by atoms with E-state index < -0.39 is 40.8 Å². The van der Waals surface area contributed by atoms with Gasteiger partial charge in [-0.1, -0.05) is 81.0 Å². The van der Waals surface area contributed by atoms with Gasteiger partial charge in [0.05, 0.1) is 5.56 Å². The zero-order valence-electron chi connectivity index (χ0n) is 37.4. The first-order valence-electron chi connectivity index (χ1n) is 23.6. The van der Waals surface area contributed by atoms with Crippen molar-refractivity contribution in [3.8, 4) is 11.5 Å². The molecular weight excluding hydrogens is 814 g/mol. The third-order valence-corrected chi connectivity index (χ3v) is 15.1. The van der Waals surface area contributed by atoms with Gasteiger partial charge in [-0.05, 0) is 198 Å². The highest BCUT2D eigenvalue weighted by Gasteiger charge is 2.42. The smallest absolute Gasteiger partial charge is 0.429 e. The molecule has 9 heteroatoms. The quantitative estimate of drug-likeness (QED) is 0.148. The molecule has 2 nitrogen and oxygen atoms in total. The van der Waals surface area contributed by atoms with E-state index in [0.717, 1.165) is 96.9 Å². The number of aryl methyl sites for hydroxylation is 2. The van der Waals surface area contributed by atoms with Crippen molar-refractivity contribution in [3.05, 3.63) is 130 Å². The molecule has 4 aliphatic rings. The summed E-state index contributed by atoms with van der Waals surface area (Å²) in [6.07, 6.45) is 10.9. The number of benzene rings is 4. The van der Waals surface area contributed by atoms with Gasteiger partial charge in [0.15, 0.2) is 0 Å². The van der Waals surface area contributed by atoms with Crippen molar-refractivity contribution in [2.24, 2.45) is 35.5 Å². The Kier molecular flexibility index (Phi) is 15.2. The van der Waals surface area contributed by atoms with Crippen LogP contribution in [-0.2, 0) is 12.2 Å². The Morgan fingerprint density at radius 3 is 1.16 bits per heavy atom. The molecule has 0 heterocycles. The predicted octanol–water partition coefficient (Wildman–Crippen LogP) is 16.9. The van der Waals surface area contributed by atoms with Gasteiger partial charge in [0.2, 0.25) is 0 Å². The highest BCUT2D eigenvalue weighted by molar-refractivity contribution is 5.34. The average Bonchev–Trinajstić information content (AvgIpc) is 3.25. The summed E-state index contributed by atoms with van der Waals surface area (Å²) in [5.41, 5.74) is 1.09. The molecule has 4 aromatic rings. The van der Waals surface area contributed by atoms with Crippen molar-refractivity contribution in [2.75, 3.05) is 0 Å². The second-order valence-electron chi connectivity index (χ2n) is 19.7. The topological polar surface area (TPSA) is 18.5 Å². The second kappa shape index (κ2) is 20.4. The first-order valence-corrected chi connectivity index (χ1v) is 23.6. The lowest BCUT2D eigenvalue weighted by Crippen LogP contribution is -2.26. The third-order valence-electron chi connectivity index (χ3n) is 15.1. The fourth-order valence-electron chi connectivity index (χ4n) is 11.1. The van der Waals surface area contributed by atoms with Crippen LogP contribution >= 0.6 is 0 Å². The van der Waals surface area contributed by atoms with E-state index in [1.807, 2.05) is 13.8 Å². The summed E-state index contributed by atoms with van der Waals surface area (Å²) in [5, 5.41) is 0. The third kappa shape index (κ3) is 12.0. The van der Waals surface area contributed by atoms with E-state index in [2.05, 4.69) is 18.6 Å². The van der Waals surface area contributed by atoms with Crippen LogP contribution in [0.4, 0.5) is 30.7 Å². The van der Waals surface area contributed by atoms with Crippen LogP contribution in [0.1, 0.15) is 162 Å². The monoisotopic (exact) mass is 878 g/mol. The molecule has 4 saturated carbocycles. The van der Waals surface area contributed by atoms with Crippen LogP contribution in [0, 0.1) is 66.8 Å². The van der Waals surface area contributed by atoms with Crippen LogP contribution in [0.2, 0.25) is 0 Å². The van der Waals surface area contributed by atoms with Gasteiger partial charge in [-0.25, -0.2) is 13.2 Å². The molecule has 0 atom stereocenters. The van der Waals surface area contributed by atoms with E-state index in [1.54, 1.807) is 30.3 Å². The SMILES string of the molecule is Cc1ccc(OC(F)(F)c2c(F)cc(C3CCC(C4CCC(C)CC4)CC3)cc2F)cc1.Cc1ccc(OC(F)(F)c2ccc(C3CCC(C4CCC(C)CC4)CC3)cc2F)cc1. The van der Waals surface area contributed by atoms with Crippen LogP contribution in [0.15, 0.2) is 78.9 Å². The van der Waals surface area contributed by atoms with E-state index >= 15 is 0 Å². The Morgan fingerprint density at radius 2 is 0.762 bits per heavy atom. The van der Waals surface area contributed by atoms with Gasteiger partial charge in [-0.2, -0.15) is 17.6 Å². The number of hydrogen-bond donors (Lipinski definition) is 0. The lowest BCUT2D eigenvalue weighted by Gasteiger charge is -2.37. The highest BCUT2D eigenvalue weighted by Crippen LogP contribution is 2.47. The van der Waals surface area contributed by atoms with E-state index in [-0.39, 0.29) is 23.3 Å². The molecule has 4 aliphatic carbocycles. The maximum absolute atomic E-state index is 14.7. The summed E-state index contributed by atoms with van der Waals surface area (Å²) in [6.45, 7) is 8.34. The number of rotatable bonds is 10. The first-order chi connectivity index (χ1) is 30.0. The molecule has 0 aliphatic heterocycles. The van der Waals surface area contributed by atoms with Crippen molar-refractivity contribution < 1.29 is 40.2 Å². The molecule has 63 heavy (non-hydrogen) atoms. The fourth-order valence-corrected chi connectivity index (χ4v) is 11.1. The van der Waals surface area contributed by atoms with Gasteiger partial charge in [0.25, 0.3) is 0 Å². The molecule has 0 bridgehead atoms. The van der Waals surface area contributed by atoms with Gasteiger partial charge in [-0.15, -0.1) is 0 Å². The second-order valence-corrected chi connectivity index (χ2v) is 19.7. The largest absolute Gasteiger partial charge is 0.432 e. The number of hydrogen-bond acceptors (Lipinski definition) is 2. The van der Waals surface area contributed by atoms with Gasteiger partial charge >= 0.3 is 12.2 Å². The Hall–Kier alpha value is -4.01. The molecule has 0 unspecified atom stereocenters. The number of alkyl halides is 4. The van der Waals surface area contributed by atoms with Crippen molar-refractivity contribution in [1.29, 1.82) is 0 Å². The molecule has 8 rings (SSSR count). The lowest BCUT2D eigenvalue weighted by molar-refractivity contribution is -0.189. The van der Waals surface area contributed by atoms with E-state index in [4.69, 9.17) is 4.74 Å². The van der Waals surface area contributed by atoms with Gasteiger partial charge in [0.1, 0.15) is 34.5 Å². The van der Waals surface area contributed by atoms with Crippen molar-refractivity contribution in [3.63, 3.8) is 0 Å². The minimum absolute atomic E-state index is 0.0125. The Morgan fingerprint density at radius 1 is 0.413 bits per heavy atom. The molecular formula is C54H65F7O2. The summed E-state index contributed by atoms with van der Waals surface area (Å²) in [4.78, 5) is 0. The molecule has 0 aromatic heterocycles. The molecule has 0 amide bonds. The van der Waals surface area contributed by atoms with E-state index in [1.165, 1.54) is 101 Å².